The molecule has 51 heavy (non-hydrogen) atoms. The van der Waals surface area contributed by atoms with Crippen molar-refractivity contribution in [2.75, 3.05) is 0 Å². The van der Waals surface area contributed by atoms with Crippen molar-refractivity contribution in [3.63, 3.8) is 0 Å². The molecular formula is C43H22N8. The first-order chi connectivity index (χ1) is 25.1. The Bertz CT molecular complexity index is 2590. The Hall–Kier alpha value is -7.91. The first-order valence-corrected chi connectivity index (χ1v) is 16.0. The van der Waals surface area contributed by atoms with Crippen LogP contribution in [0.4, 0.5) is 0 Å². The van der Waals surface area contributed by atoms with Crippen LogP contribution in [0.5, 0.6) is 0 Å². The lowest BCUT2D eigenvalue weighted by molar-refractivity contribution is 0.953. The van der Waals surface area contributed by atoms with Gasteiger partial charge in [-0.3, -0.25) is 4.57 Å². The number of rotatable bonds is 5. The van der Waals surface area contributed by atoms with Gasteiger partial charge in [0, 0.05) is 33.0 Å². The van der Waals surface area contributed by atoms with Crippen LogP contribution in [-0.2, 0) is 0 Å². The van der Waals surface area contributed by atoms with Crippen LogP contribution < -0.4 is 0 Å². The Morgan fingerprint density at radius 1 is 0.392 bits per heavy atom. The Kier molecular flexibility index (Phi) is 7.52. The summed E-state index contributed by atoms with van der Waals surface area (Å²) in [5, 5.41) is 42.4. The number of fused-ring (bicyclic) bond motifs is 3. The highest BCUT2D eigenvalue weighted by Crippen LogP contribution is 2.45. The minimum atomic E-state index is 0.341. The molecule has 0 aliphatic carbocycles. The molecule has 2 aromatic heterocycles. The normalized spacial score (nSPS) is 10.7. The molecule has 8 nitrogen and oxygen atoms in total. The summed E-state index contributed by atoms with van der Waals surface area (Å²) in [4.78, 5) is 15.0. The molecule has 0 atom stereocenters. The van der Waals surface area contributed by atoms with Crippen LogP contribution in [0.1, 0.15) is 22.3 Å². The van der Waals surface area contributed by atoms with E-state index in [2.05, 4.69) is 24.3 Å². The van der Waals surface area contributed by atoms with Gasteiger partial charge < -0.3 is 0 Å². The monoisotopic (exact) mass is 650 g/mol. The Morgan fingerprint density at radius 2 is 0.765 bits per heavy atom. The van der Waals surface area contributed by atoms with Gasteiger partial charge in [-0.25, -0.2) is 4.98 Å². The average Bonchev–Trinajstić information content (AvgIpc) is 3.55. The molecule has 8 rings (SSSR count). The van der Waals surface area contributed by atoms with E-state index in [0.29, 0.717) is 83.9 Å². The standard InChI is InChI=1S/C43H22N8/c44-23-29-15-7-16-30(24-45)37(29)33-19-9-21-35-39(33)40-34(38-31(25-46)17-8-18-32(38)26-47)20-10-22-36(40)51(35)43-49-41(27-11-3-1-4-12-27)48-42(50-43)28-13-5-2-6-14-28/h1-22H. The predicted molar refractivity (Wildman–Crippen MR) is 195 cm³/mol. The lowest BCUT2D eigenvalue weighted by Crippen LogP contribution is -2.06. The highest BCUT2D eigenvalue weighted by atomic mass is 15.2. The number of benzene rings is 6. The second kappa shape index (κ2) is 12.6. The molecule has 0 radical (unpaired) electrons. The summed E-state index contributed by atoms with van der Waals surface area (Å²) >= 11 is 0. The predicted octanol–water partition coefficient (Wildman–Crippen LogP) is 9.12. The van der Waals surface area contributed by atoms with Crippen molar-refractivity contribution >= 4 is 21.8 Å². The van der Waals surface area contributed by atoms with Gasteiger partial charge >= 0.3 is 0 Å². The summed E-state index contributed by atoms with van der Waals surface area (Å²) in [5.74, 6) is 1.30. The van der Waals surface area contributed by atoms with E-state index >= 15 is 0 Å². The van der Waals surface area contributed by atoms with Gasteiger partial charge in [0.2, 0.25) is 5.95 Å². The van der Waals surface area contributed by atoms with E-state index in [-0.39, 0.29) is 0 Å². The fourth-order valence-corrected chi connectivity index (χ4v) is 6.70. The minimum absolute atomic E-state index is 0.341. The number of nitriles is 4. The van der Waals surface area contributed by atoms with E-state index in [1.165, 1.54) is 0 Å². The van der Waals surface area contributed by atoms with E-state index in [1.54, 1.807) is 36.4 Å². The van der Waals surface area contributed by atoms with Gasteiger partial charge in [-0.05, 0) is 47.5 Å². The largest absolute Gasteiger partial charge is 0.278 e. The van der Waals surface area contributed by atoms with E-state index in [4.69, 9.17) is 15.0 Å². The van der Waals surface area contributed by atoms with Gasteiger partial charge in [0.1, 0.15) is 0 Å². The summed E-state index contributed by atoms with van der Waals surface area (Å²) in [6.45, 7) is 0. The Morgan fingerprint density at radius 3 is 1.14 bits per heavy atom. The fraction of sp³-hybridized carbons (Fsp3) is 0. The van der Waals surface area contributed by atoms with Gasteiger partial charge in [-0.2, -0.15) is 31.0 Å². The molecule has 0 amide bonds. The zero-order chi connectivity index (χ0) is 34.9. The Balaban J connectivity index is 1.58. The van der Waals surface area contributed by atoms with Crippen molar-refractivity contribution in [3.8, 4) is 75.3 Å². The maximum absolute atomic E-state index is 10.3. The molecule has 0 unspecified atom stereocenters. The third-order valence-corrected chi connectivity index (χ3v) is 8.85. The van der Waals surface area contributed by atoms with Crippen LogP contribution in [0.2, 0.25) is 0 Å². The molecule has 0 aliphatic heterocycles. The lowest BCUT2D eigenvalue weighted by Gasteiger charge is -2.12. The van der Waals surface area contributed by atoms with Crippen LogP contribution in [0, 0.1) is 45.3 Å². The summed E-state index contributed by atoms with van der Waals surface area (Å²) in [6, 6.07) is 50.1. The average molecular weight is 651 g/mol. The topological polar surface area (TPSA) is 139 Å². The smallest absolute Gasteiger partial charge is 0.238 e. The first kappa shape index (κ1) is 30.4. The van der Waals surface area contributed by atoms with Gasteiger partial charge in [-0.15, -0.1) is 0 Å². The van der Waals surface area contributed by atoms with E-state index < -0.39 is 0 Å². The molecule has 2 heterocycles. The number of nitrogens with zero attached hydrogens (tertiary/aromatic N) is 8. The lowest BCUT2D eigenvalue weighted by atomic mass is 9.88. The van der Waals surface area contributed by atoms with Crippen LogP contribution in [0.15, 0.2) is 133 Å². The molecule has 6 aromatic carbocycles. The number of hydrogen-bond donors (Lipinski definition) is 0. The molecule has 0 spiro atoms. The zero-order valence-corrected chi connectivity index (χ0v) is 26.8. The molecule has 8 aromatic rings. The summed E-state index contributed by atoms with van der Waals surface area (Å²) < 4.78 is 1.94. The van der Waals surface area contributed by atoms with E-state index in [9.17, 15) is 21.0 Å². The van der Waals surface area contributed by atoms with Crippen LogP contribution in [-0.4, -0.2) is 19.5 Å². The number of hydrogen-bond acceptors (Lipinski definition) is 7. The highest BCUT2D eigenvalue weighted by molar-refractivity contribution is 6.21. The summed E-state index contributed by atoms with van der Waals surface area (Å²) in [6.07, 6.45) is 0. The van der Waals surface area contributed by atoms with Crippen molar-refractivity contribution in [3.05, 3.63) is 156 Å². The third-order valence-electron chi connectivity index (χ3n) is 8.85. The van der Waals surface area contributed by atoms with Crippen molar-refractivity contribution in [1.82, 2.24) is 19.5 Å². The van der Waals surface area contributed by atoms with Gasteiger partial charge in [-0.1, -0.05) is 97.1 Å². The van der Waals surface area contributed by atoms with E-state index in [1.807, 2.05) is 102 Å². The number of aromatic nitrogens is 4. The molecule has 0 fully saturated rings. The van der Waals surface area contributed by atoms with Crippen molar-refractivity contribution in [2.24, 2.45) is 0 Å². The fourth-order valence-electron chi connectivity index (χ4n) is 6.70. The maximum atomic E-state index is 10.3. The Labute approximate surface area is 292 Å². The molecule has 0 bridgehead atoms. The second-order valence-corrected chi connectivity index (χ2v) is 11.7. The van der Waals surface area contributed by atoms with Crippen LogP contribution in [0.25, 0.3) is 72.8 Å². The molecule has 234 valence electrons. The molecule has 8 heteroatoms. The quantitative estimate of drug-likeness (QED) is 0.181. The molecule has 0 N–H and O–H groups in total. The molecule has 0 saturated carbocycles. The van der Waals surface area contributed by atoms with Crippen LogP contribution in [0.3, 0.4) is 0 Å². The van der Waals surface area contributed by atoms with Crippen molar-refractivity contribution in [1.29, 1.82) is 21.0 Å². The zero-order valence-electron chi connectivity index (χ0n) is 26.8. The summed E-state index contributed by atoms with van der Waals surface area (Å²) in [7, 11) is 0. The van der Waals surface area contributed by atoms with Crippen LogP contribution >= 0.6 is 0 Å². The van der Waals surface area contributed by atoms with Crippen molar-refractivity contribution in [2.45, 2.75) is 0 Å². The highest BCUT2D eigenvalue weighted by Gasteiger charge is 2.25. The molecular weight excluding hydrogens is 629 g/mol. The minimum Gasteiger partial charge on any atom is -0.278 e. The SMILES string of the molecule is N#Cc1cccc(C#N)c1-c1cccc2c1c1c(-c3c(C#N)cccc3C#N)cccc1n2-c1nc(-c2ccccc2)nc(-c2ccccc2)n1. The van der Waals surface area contributed by atoms with Gasteiger partial charge in [0.25, 0.3) is 0 Å². The van der Waals surface area contributed by atoms with Gasteiger partial charge in [0.15, 0.2) is 11.6 Å². The summed E-state index contributed by atoms with van der Waals surface area (Å²) in [5.41, 5.74) is 6.64. The van der Waals surface area contributed by atoms with Crippen molar-refractivity contribution < 1.29 is 0 Å². The first-order valence-electron chi connectivity index (χ1n) is 16.0. The van der Waals surface area contributed by atoms with Gasteiger partial charge in [0.05, 0.1) is 57.6 Å². The van der Waals surface area contributed by atoms with E-state index in [0.717, 1.165) is 11.1 Å². The molecule has 0 aliphatic rings. The second-order valence-electron chi connectivity index (χ2n) is 11.7. The third kappa shape index (κ3) is 5.02. The maximum Gasteiger partial charge on any atom is 0.238 e. The molecule has 0 saturated heterocycles.